The number of halogens is 1. The van der Waals surface area contributed by atoms with Crippen LogP contribution < -0.4 is 0 Å². The Kier molecular flexibility index (Phi) is 5.87. The summed E-state index contributed by atoms with van der Waals surface area (Å²) in [5, 5.41) is 0. The molecule has 28 heavy (non-hydrogen) atoms. The number of rotatable bonds is 7. The number of carbonyl (C=O) groups is 3. The van der Waals surface area contributed by atoms with Crippen molar-refractivity contribution in [2.75, 3.05) is 13.1 Å². The fraction of sp³-hybridized carbons (Fsp3) is 0.318. The number of fused-ring (bicyclic) bond motifs is 1. The summed E-state index contributed by atoms with van der Waals surface area (Å²) >= 11 is 0. The van der Waals surface area contributed by atoms with Crippen molar-refractivity contribution in [1.29, 1.82) is 0 Å². The SMILES string of the molecule is CCCCN1C(=O)c2ccc(C(=O)N(CC)Cc3cccc(F)c3)cc2C1=O. The second-order valence-electron chi connectivity index (χ2n) is 6.83. The number of nitrogens with zero attached hydrogens (tertiary/aromatic N) is 2. The summed E-state index contributed by atoms with van der Waals surface area (Å²) in [5.41, 5.74) is 1.64. The van der Waals surface area contributed by atoms with E-state index in [0.717, 1.165) is 12.8 Å². The molecule has 0 radical (unpaired) electrons. The maximum absolute atomic E-state index is 13.4. The van der Waals surface area contributed by atoms with Crippen LogP contribution in [0.1, 0.15) is 63.3 Å². The predicted octanol–water partition coefficient (Wildman–Crippen LogP) is 3.88. The van der Waals surface area contributed by atoms with Crippen LogP contribution in [-0.4, -0.2) is 40.6 Å². The van der Waals surface area contributed by atoms with Gasteiger partial charge in [0.15, 0.2) is 0 Å². The van der Waals surface area contributed by atoms with Crippen molar-refractivity contribution in [1.82, 2.24) is 9.80 Å². The molecule has 5 nitrogen and oxygen atoms in total. The van der Waals surface area contributed by atoms with E-state index in [0.29, 0.717) is 29.8 Å². The van der Waals surface area contributed by atoms with Crippen LogP contribution in [0.3, 0.4) is 0 Å². The number of unbranched alkanes of at least 4 members (excludes halogenated alkanes) is 1. The Morgan fingerprint density at radius 1 is 1.04 bits per heavy atom. The first kappa shape index (κ1) is 19.7. The highest BCUT2D eigenvalue weighted by atomic mass is 19.1. The van der Waals surface area contributed by atoms with Crippen molar-refractivity contribution in [3.05, 3.63) is 70.5 Å². The predicted molar refractivity (Wildman–Crippen MR) is 104 cm³/mol. The molecule has 1 aliphatic heterocycles. The van der Waals surface area contributed by atoms with Gasteiger partial charge in [-0.15, -0.1) is 0 Å². The molecule has 1 heterocycles. The zero-order chi connectivity index (χ0) is 20.3. The molecular formula is C22H23FN2O3. The quantitative estimate of drug-likeness (QED) is 0.683. The van der Waals surface area contributed by atoms with Gasteiger partial charge < -0.3 is 4.90 Å². The first-order chi connectivity index (χ1) is 13.5. The first-order valence-electron chi connectivity index (χ1n) is 9.50. The average molecular weight is 382 g/mol. The van der Waals surface area contributed by atoms with Crippen molar-refractivity contribution >= 4 is 17.7 Å². The van der Waals surface area contributed by atoms with E-state index >= 15 is 0 Å². The molecule has 146 valence electrons. The van der Waals surface area contributed by atoms with Crippen LogP contribution in [0.15, 0.2) is 42.5 Å². The summed E-state index contributed by atoms with van der Waals surface area (Å²) in [6.07, 6.45) is 1.62. The van der Waals surface area contributed by atoms with Crippen LogP contribution in [0, 0.1) is 5.82 Å². The molecule has 3 rings (SSSR count). The minimum atomic E-state index is -0.352. The fourth-order valence-corrected chi connectivity index (χ4v) is 3.31. The van der Waals surface area contributed by atoms with E-state index in [-0.39, 0.29) is 35.6 Å². The molecule has 1 aliphatic rings. The summed E-state index contributed by atoms with van der Waals surface area (Å²) in [6.45, 7) is 4.91. The van der Waals surface area contributed by atoms with Crippen LogP contribution in [0.5, 0.6) is 0 Å². The van der Waals surface area contributed by atoms with Crippen LogP contribution in [0.25, 0.3) is 0 Å². The highest BCUT2D eigenvalue weighted by Crippen LogP contribution is 2.25. The third kappa shape index (κ3) is 3.81. The summed E-state index contributed by atoms with van der Waals surface area (Å²) in [6, 6.07) is 10.7. The lowest BCUT2D eigenvalue weighted by molar-refractivity contribution is 0.0652. The highest BCUT2D eigenvalue weighted by molar-refractivity contribution is 6.22. The van der Waals surface area contributed by atoms with Gasteiger partial charge in [0.05, 0.1) is 11.1 Å². The molecule has 0 atom stereocenters. The topological polar surface area (TPSA) is 57.7 Å². The van der Waals surface area contributed by atoms with E-state index < -0.39 is 0 Å². The van der Waals surface area contributed by atoms with Gasteiger partial charge in [-0.3, -0.25) is 19.3 Å². The van der Waals surface area contributed by atoms with Crippen LogP contribution in [0.4, 0.5) is 4.39 Å². The van der Waals surface area contributed by atoms with Crippen molar-refractivity contribution < 1.29 is 18.8 Å². The maximum Gasteiger partial charge on any atom is 0.261 e. The smallest absolute Gasteiger partial charge is 0.261 e. The summed E-state index contributed by atoms with van der Waals surface area (Å²) in [5.74, 6) is -1.27. The maximum atomic E-state index is 13.4. The van der Waals surface area contributed by atoms with Crippen LogP contribution in [-0.2, 0) is 6.54 Å². The molecule has 3 amide bonds. The zero-order valence-corrected chi connectivity index (χ0v) is 16.1. The molecule has 0 unspecified atom stereocenters. The van der Waals surface area contributed by atoms with Crippen molar-refractivity contribution in [2.24, 2.45) is 0 Å². The molecule has 0 saturated carbocycles. The number of carbonyl (C=O) groups excluding carboxylic acids is 3. The number of hydrogen-bond acceptors (Lipinski definition) is 3. The highest BCUT2D eigenvalue weighted by Gasteiger charge is 2.35. The largest absolute Gasteiger partial charge is 0.335 e. The van der Waals surface area contributed by atoms with Gasteiger partial charge in [-0.2, -0.15) is 0 Å². The molecule has 0 aliphatic carbocycles. The third-order valence-corrected chi connectivity index (χ3v) is 4.88. The van der Waals surface area contributed by atoms with Gasteiger partial charge in [0.1, 0.15) is 5.82 Å². The van der Waals surface area contributed by atoms with E-state index in [1.807, 2.05) is 13.8 Å². The molecule has 0 fully saturated rings. The fourth-order valence-electron chi connectivity index (χ4n) is 3.31. The Hall–Kier alpha value is -3.02. The number of benzene rings is 2. The molecule has 2 aromatic rings. The third-order valence-electron chi connectivity index (χ3n) is 4.88. The van der Waals surface area contributed by atoms with Crippen molar-refractivity contribution in [2.45, 2.75) is 33.2 Å². The average Bonchev–Trinajstić information content (AvgIpc) is 2.93. The zero-order valence-electron chi connectivity index (χ0n) is 16.1. The van der Waals surface area contributed by atoms with Gasteiger partial charge in [0.2, 0.25) is 0 Å². The summed E-state index contributed by atoms with van der Waals surface area (Å²) < 4.78 is 13.4. The van der Waals surface area contributed by atoms with Gasteiger partial charge >= 0.3 is 0 Å². The van der Waals surface area contributed by atoms with Gasteiger partial charge in [-0.05, 0) is 49.2 Å². The number of imide groups is 1. The lowest BCUT2D eigenvalue weighted by Crippen LogP contribution is -2.31. The first-order valence-corrected chi connectivity index (χ1v) is 9.50. The molecule has 0 N–H and O–H groups in total. The van der Waals surface area contributed by atoms with Gasteiger partial charge in [0, 0.05) is 25.2 Å². The number of hydrogen-bond donors (Lipinski definition) is 0. The Bertz CT molecular complexity index is 926. The van der Waals surface area contributed by atoms with E-state index in [1.54, 1.807) is 29.2 Å². The van der Waals surface area contributed by atoms with E-state index in [2.05, 4.69) is 0 Å². The minimum absolute atomic E-state index is 0.262. The van der Waals surface area contributed by atoms with Gasteiger partial charge in [-0.1, -0.05) is 25.5 Å². The van der Waals surface area contributed by atoms with Crippen molar-refractivity contribution in [3.8, 4) is 0 Å². The van der Waals surface area contributed by atoms with Gasteiger partial charge in [0.25, 0.3) is 17.7 Å². The Morgan fingerprint density at radius 2 is 1.79 bits per heavy atom. The van der Waals surface area contributed by atoms with E-state index in [9.17, 15) is 18.8 Å². The summed E-state index contributed by atoms with van der Waals surface area (Å²) in [7, 11) is 0. The van der Waals surface area contributed by atoms with E-state index in [1.165, 1.54) is 23.1 Å². The Labute approximate surface area is 163 Å². The molecule has 6 heteroatoms. The second-order valence-corrected chi connectivity index (χ2v) is 6.83. The molecule has 0 spiro atoms. The second kappa shape index (κ2) is 8.33. The normalized spacial score (nSPS) is 13.0. The Balaban J connectivity index is 1.83. The molecule has 0 aromatic heterocycles. The van der Waals surface area contributed by atoms with Crippen molar-refractivity contribution in [3.63, 3.8) is 0 Å². The van der Waals surface area contributed by atoms with E-state index in [4.69, 9.17) is 0 Å². The molecular weight excluding hydrogens is 359 g/mol. The standard InChI is InChI=1S/C22H23FN2O3/c1-3-5-11-25-21(27)18-10-9-16(13-19(18)22(25)28)20(26)24(4-2)14-15-7-6-8-17(23)12-15/h6-10,12-13H,3-5,11,14H2,1-2H3. The minimum Gasteiger partial charge on any atom is -0.335 e. The molecule has 2 aromatic carbocycles. The van der Waals surface area contributed by atoms with Crippen LogP contribution in [0.2, 0.25) is 0 Å². The number of amides is 3. The van der Waals surface area contributed by atoms with Gasteiger partial charge in [-0.25, -0.2) is 4.39 Å². The Morgan fingerprint density at radius 3 is 2.46 bits per heavy atom. The van der Waals surface area contributed by atoms with Crippen LogP contribution >= 0.6 is 0 Å². The molecule has 0 saturated heterocycles. The lowest BCUT2D eigenvalue weighted by atomic mass is 10.0. The monoisotopic (exact) mass is 382 g/mol. The molecule has 0 bridgehead atoms. The lowest BCUT2D eigenvalue weighted by Gasteiger charge is -2.21. The summed E-state index contributed by atoms with van der Waals surface area (Å²) in [4.78, 5) is 40.8.